The molecule has 0 aromatic heterocycles. The van der Waals surface area contributed by atoms with E-state index in [9.17, 15) is 4.79 Å². The lowest BCUT2D eigenvalue weighted by molar-refractivity contribution is -0.134. The first kappa shape index (κ1) is 23.4. The molecule has 168 valence electrons. The Labute approximate surface area is 185 Å². The summed E-state index contributed by atoms with van der Waals surface area (Å²) in [7, 11) is 0. The van der Waals surface area contributed by atoms with Gasteiger partial charge in [-0.1, -0.05) is 70.9 Å². The third-order valence-corrected chi connectivity index (χ3v) is 7.87. The monoisotopic (exact) mass is 412 g/mol. The molecule has 0 heterocycles. The molecule has 0 radical (unpaired) electrons. The van der Waals surface area contributed by atoms with Crippen molar-refractivity contribution in [3.63, 3.8) is 0 Å². The van der Waals surface area contributed by atoms with Crippen LogP contribution >= 0.6 is 0 Å². The summed E-state index contributed by atoms with van der Waals surface area (Å²) in [5.41, 5.74) is 1.37. The summed E-state index contributed by atoms with van der Waals surface area (Å²) in [6.07, 6.45) is 19.9. The number of carbonyl (C=O) groups is 1. The molecule has 2 aliphatic rings. The highest BCUT2D eigenvalue weighted by Gasteiger charge is 2.30. The number of carbonyl (C=O) groups excluding carboxylic acids is 1. The quantitative estimate of drug-likeness (QED) is 0.286. The zero-order valence-corrected chi connectivity index (χ0v) is 19.5. The van der Waals surface area contributed by atoms with Crippen molar-refractivity contribution >= 4 is 5.97 Å². The lowest BCUT2D eigenvalue weighted by atomic mass is 9.68. The first-order chi connectivity index (χ1) is 14.7. The summed E-state index contributed by atoms with van der Waals surface area (Å²) in [5.74, 6) is 4.55. The fourth-order valence-electron chi connectivity index (χ4n) is 5.87. The smallest absolute Gasteiger partial charge is 0.311 e. The van der Waals surface area contributed by atoms with Gasteiger partial charge < -0.3 is 4.74 Å². The largest absolute Gasteiger partial charge is 0.427 e. The van der Waals surface area contributed by atoms with Crippen LogP contribution in [0.3, 0.4) is 0 Å². The number of hydrogen-bond donors (Lipinski definition) is 0. The van der Waals surface area contributed by atoms with Crippen molar-refractivity contribution in [1.29, 1.82) is 0 Å². The number of esters is 1. The second-order valence-corrected chi connectivity index (χ2v) is 10.1. The SMILES string of the molecule is CCCCC1CCC(C2CCC(CCc3ccc(OC(=O)CCC)cc3)CC2)CC1. The summed E-state index contributed by atoms with van der Waals surface area (Å²) in [6, 6.07) is 8.18. The number of rotatable bonds is 10. The highest BCUT2D eigenvalue weighted by Crippen LogP contribution is 2.43. The van der Waals surface area contributed by atoms with Gasteiger partial charge in [-0.3, -0.25) is 4.79 Å². The molecule has 0 bridgehead atoms. The van der Waals surface area contributed by atoms with Crippen LogP contribution in [0.25, 0.3) is 0 Å². The second-order valence-electron chi connectivity index (χ2n) is 10.1. The zero-order valence-electron chi connectivity index (χ0n) is 19.5. The van der Waals surface area contributed by atoms with Gasteiger partial charge in [0, 0.05) is 6.42 Å². The molecule has 2 heteroatoms. The molecular weight excluding hydrogens is 368 g/mol. The van der Waals surface area contributed by atoms with Crippen molar-refractivity contribution in [2.75, 3.05) is 0 Å². The second kappa shape index (κ2) is 12.5. The zero-order chi connectivity index (χ0) is 21.2. The normalized spacial score (nSPS) is 27.0. The van der Waals surface area contributed by atoms with Crippen LogP contribution in [0, 0.1) is 23.7 Å². The van der Waals surface area contributed by atoms with E-state index in [0.717, 1.165) is 36.5 Å². The molecule has 2 aliphatic carbocycles. The van der Waals surface area contributed by atoms with E-state index in [4.69, 9.17) is 4.74 Å². The predicted octanol–water partition coefficient (Wildman–Crippen LogP) is 8.13. The maximum atomic E-state index is 11.6. The van der Waals surface area contributed by atoms with Crippen molar-refractivity contribution in [2.45, 2.75) is 110 Å². The van der Waals surface area contributed by atoms with Gasteiger partial charge in [-0.05, 0) is 86.3 Å². The highest BCUT2D eigenvalue weighted by molar-refractivity contribution is 5.72. The van der Waals surface area contributed by atoms with E-state index < -0.39 is 0 Å². The van der Waals surface area contributed by atoms with Gasteiger partial charge in [-0.25, -0.2) is 0 Å². The molecule has 1 aromatic carbocycles. The van der Waals surface area contributed by atoms with Crippen LogP contribution in [0.2, 0.25) is 0 Å². The molecule has 0 spiro atoms. The maximum Gasteiger partial charge on any atom is 0.311 e. The van der Waals surface area contributed by atoms with E-state index in [1.54, 1.807) is 0 Å². The van der Waals surface area contributed by atoms with E-state index in [2.05, 4.69) is 19.1 Å². The lowest BCUT2D eigenvalue weighted by Gasteiger charge is -2.38. The van der Waals surface area contributed by atoms with Crippen LogP contribution in [-0.4, -0.2) is 5.97 Å². The summed E-state index contributed by atoms with van der Waals surface area (Å²) >= 11 is 0. The predicted molar refractivity (Wildman–Crippen MR) is 126 cm³/mol. The van der Waals surface area contributed by atoms with Crippen molar-refractivity contribution in [3.05, 3.63) is 29.8 Å². The van der Waals surface area contributed by atoms with Gasteiger partial charge in [-0.2, -0.15) is 0 Å². The van der Waals surface area contributed by atoms with E-state index in [1.807, 2.05) is 19.1 Å². The third-order valence-electron chi connectivity index (χ3n) is 7.87. The average molecular weight is 413 g/mol. The third kappa shape index (κ3) is 7.43. The minimum absolute atomic E-state index is 0.128. The van der Waals surface area contributed by atoms with Crippen LogP contribution in [0.5, 0.6) is 5.75 Å². The number of hydrogen-bond acceptors (Lipinski definition) is 2. The Balaban J connectivity index is 1.33. The molecule has 2 fully saturated rings. The van der Waals surface area contributed by atoms with Crippen molar-refractivity contribution in [1.82, 2.24) is 0 Å². The molecule has 2 saturated carbocycles. The Hall–Kier alpha value is -1.31. The van der Waals surface area contributed by atoms with Gasteiger partial charge in [0.05, 0.1) is 0 Å². The highest BCUT2D eigenvalue weighted by atomic mass is 16.5. The fraction of sp³-hybridized carbons (Fsp3) is 0.750. The van der Waals surface area contributed by atoms with Crippen molar-refractivity contribution < 1.29 is 9.53 Å². The molecule has 0 atom stereocenters. The van der Waals surface area contributed by atoms with Crippen LogP contribution < -0.4 is 4.74 Å². The molecular formula is C28H44O2. The first-order valence-corrected chi connectivity index (χ1v) is 13.0. The Bertz CT molecular complexity index is 604. The summed E-state index contributed by atoms with van der Waals surface area (Å²) < 4.78 is 5.36. The average Bonchev–Trinajstić information content (AvgIpc) is 2.78. The van der Waals surface area contributed by atoms with E-state index >= 15 is 0 Å². The Kier molecular flexibility index (Phi) is 9.75. The molecule has 2 nitrogen and oxygen atoms in total. The Morgan fingerprint density at radius 3 is 1.90 bits per heavy atom. The number of ether oxygens (including phenoxy) is 1. The standard InChI is InChI=1S/C28H44O2/c1-3-5-7-22-10-16-25(17-11-22)26-18-12-23(13-19-26)8-9-24-14-20-27(21-15-24)30-28(29)6-4-2/h14-15,20-23,25-26H,3-13,16-19H2,1-2H3. The first-order valence-electron chi connectivity index (χ1n) is 13.0. The van der Waals surface area contributed by atoms with Crippen molar-refractivity contribution in [3.8, 4) is 5.75 Å². The van der Waals surface area contributed by atoms with Gasteiger partial charge in [0.2, 0.25) is 0 Å². The lowest BCUT2D eigenvalue weighted by Crippen LogP contribution is -2.26. The molecule has 30 heavy (non-hydrogen) atoms. The Morgan fingerprint density at radius 1 is 0.800 bits per heavy atom. The van der Waals surface area contributed by atoms with E-state index in [-0.39, 0.29) is 5.97 Å². The van der Waals surface area contributed by atoms with Crippen LogP contribution in [0.4, 0.5) is 0 Å². The van der Waals surface area contributed by atoms with Gasteiger partial charge in [0.25, 0.3) is 0 Å². The van der Waals surface area contributed by atoms with Gasteiger partial charge in [0.1, 0.15) is 5.75 Å². The Morgan fingerprint density at radius 2 is 1.37 bits per heavy atom. The molecule has 0 N–H and O–H groups in total. The molecule has 1 aromatic rings. The number of unbranched alkanes of at least 4 members (excludes halogenated alkanes) is 1. The minimum atomic E-state index is -0.128. The number of aryl methyl sites for hydroxylation is 1. The molecule has 0 amide bonds. The van der Waals surface area contributed by atoms with Crippen LogP contribution in [0.1, 0.15) is 109 Å². The summed E-state index contributed by atoms with van der Waals surface area (Å²) in [5, 5.41) is 0. The van der Waals surface area contributed by atoms with Crippen LogP contribution in [0.15, 0.2) is 24.3 Å². The van der Waals surface area contributed by atoms with E-state index in [1.165, 1.54) is 82.6 Å². The van der Waals surface area contributed by atoms with Gasteiger partial charge in [0.15, 0.2) is 0 Å². The topological polar surface area (TPSA) is 26.3 Å². The van der Waals surface area contributed by atoms with Crippen LogP contribution in [-0.2, 0) is 11.2 Å². The van der Waals surface area contributed by atoms with Crippen molar-refractivity contribution in [2.24, 2.45) is 23.7 Å². The summed E-state index contributed by atoms with van der Waals surface area (Å²) in [6.45, 7) is 4.32. The molecule has 3 rings (SSSR count). The fourth-order valence-corrected chi connectivity index (χ4v) is 5.87. The maximum absolute atomic E-state index is 11.6. The minimum Gasteiger partial charge on any atom is -0.427 e. The van der Waals surface area contributed by atoms with E-state index in [0.29, 0.717) is 12.2 Å². The summed E-state index contributed by atoms with van der Waals surface area (Å²) in [4.78, 5) is 11.6. The molecule has 0 saturated heterocycles. The van der Waals surface area contributed by atoms with Gasteiger partial charge >= 0.3 is 5.97 Å². The molecule has 0 unspecified atom stereocenters. The molecule has 0 aliphatic heterocycles. The van der Waals surface area contributed by atoms with Gasteiger partial charge in [-0.15, -0.1) is 0 Å². The number of benzene rings is 1.